The van der Waals surface area contributed by atoms with Crippen LogP contribution in [0.15, 0.2) is 22.3 Å². The molecule has 6 nitrogen and oxygen atoms in total. The lowest BCUT2D eigenvalue weighted by Gasteiger charge is -2.06. The van der Waals surface area contributed by atoms with Crippen LogP contribution in [0.1, 0.15) is 21.7 Å². The minimum Gasteiger partial charge on any atom is -0.478 e. The standard InChI is InChI=1S/C11H11N3O3S/c1-6-2-7(10(15)16)3-9(13-6)12-4-8-5-18-11(17)14-8/h2-3,5H,4H2,1H3,(H,12,13)(H,14,17)(H,15,16). The Morgan fingerprint density at radius 1 is 1.56 bits per heavy atom. The summed E-state index contributed by atoms with van der Waals surface area (Å²) < 4.78 is 0. The molecule has 2 heterocycles. The maximum absolute atomic E-state index is 10.9. The van der Waals surface area contributed by atoms with Crippen molar-refractivity contribution in [3.63, 3.8) is 0 Å². The van der Waals surface area contributed by atoms with E-state index in [0.29, 0.717) is 18.1 Å². The molecule has 0 aliphatic carbocycles. The minimum atomic E-state index is -0.993. The molecule has 18 heavy (non-hydrogen) atoms. The number of carbonyl (C=O) groups is 1. The number of rotatable bonds is 4. The van der Waals surface area contributed by atoms with Crippen LogP contribution in [-0.2, 0) is 6.54 Å². The van der Waals surface area contributed by atoms with E-state index in [-0.39, 0.29) is 10.4 Å². The van der Waals surface area contributed by atoms with Crippen molar-refractivity contribution in [1.29, 1.82) is 0 Å². The van der Waals surface area contributed by atoms with Gasteiger partial charge in [-0.1, -0.05) is 11.3 Å². The molecule has 0 unspecified atom stereocenters. The number of carboxylic acid groups (broad SMARTS) is 1. The van der Waals surface area contributed by atoms with Gasteiger partial charge in [-0.3, -0.25) is 4.79 Å². The fourth-order valence-electron chi connectivity index (χ4n) is 1.47. The Balaban J connectivity index is 2.14. The highest BCUT2D eigenvalue weighted by atomic mass is 32.1. The number of H-pyrrole nitrogens is 1. The Bertz CT molecular complexity index is 632. The molecule has 0 radical (unpaired) electrons. The van der Waals surface area contributed by atoms with Gasteiger partial charge in [0.05, 0.1) is 12.1 Å². The van der Waals surface area contributed by atoms with Crippen LogP contribution in [0.4, 0.5) is 5.82 Å². The number of hydrogen-bond acceptors (Lipinski definition) is 5. The topological polar surface area (TPSA) is 95.1 Å². The number of aryl methyl sites for hydroxylation is 1. The Kier molecular flexibility index (Phi) is 3.42. The number of nitrogens with zero attached hydrogens (tertiary/aromatic N) is 1. The number of thiazole rings is 1. The average molecular weight is 265 g/mol. The molecule has 7 heteroatoms. The predicted octanol–water partition coefficient (Wildman–Crippen LogP) is 1.45. The lowest BCUT2D eigenvalue weighted by atomic mass is 10.2. The molecule has 0 fully saturated rings. The van der Waals surface area contributed by atoms with Crippen molar-refractivity contribution in [2.45, 2.75) is 13.5 Å². The molecule has 3 N–H and O–H groups in total. The summed E-state index contributed by atoms with van der Waals surface area (Å²) >= 11 is 1.09. The second kappa shape index (κ2) is 5.01. The first kappa shape index (κ1) is 12.3. The first-order valence-electron chi connectivity index (χ1n) is 5.17. The normalized spacial score (nSPS) is 10.3. The summed E-state index contributed by atoms with van der Waals surface area (Å²) in [6.07, 6.45) is 0. The number of carboxylic acids is 1. The summed E-state index contributed by atoms with van der Waals surface area (Å²) in [6, 6.07) is 2.96. The molecule has 2 rings (SSSR count). The van der Waals surface area contributed by atoms with Crippen molar-refractivity contribution in [3.8, 4) is 0 Å². The van der Waals surface area contributed by atoms with Crippen LogP contribution >= 0.6 is 11.3 Å². The van der Waals surface area contributed by atoms with Gasteiger partial charge in [0, 0.05) is 16.8 Å². The second-order valence-electron chi connectivity index (χ2n) is 3.71. The van der Waals surface area contributed by atoms with Crippen molar-refractivity contribution < 1.29 is 9.90 Å². The zero-order valence-electron chi connectivity index (χ0n) is 9.56. The van der Waals surface area contributed by atoms with Gasteiger partial charge in [0.25, 0.3) is 0 Å². The van der Waals surface area contributed by atoms with E-state index < -0.39 is 5.97 Å². The van der Waals surface area contributed by atoms with Gasteiger partial charge in [0.15, 0.2) is 0 Å². The summed E-state index contributed by atoms with van der Waals surface area (Å²) in [6.45, 7) is 2.12. The zero-order chi connectivity index (χ0) is 13.1. The highest BCUT2D eigenvalue weighted by molar-refractivity contribution is 7.07. The maximum atomic E-state index is 10.9. The monoisotopic (exact) mass is 265 g/mol. The number of aromatic carboxylic acids is 1. The molecule has 0 amide bonds. The van der Waals surface area contributed by atoms with Crippen LogP contribution in [0.5, 0.6) is 0 Å². The third-order valence-corrected chi connectivity index (χ3v) is 2.95. The van der Waals surface area contributed by atoms with Gasteiger partial charge in [0.1, 0.15) is 5.82 Å². The molecule has 0 atom stereocenters. The number of aromatic amines is 1. The summed E-state index contributed by atoms with van der Waals surface area (Å²) in [5.74, 6) is -0.521. The Hall–Kier alpha value is -2.15. The number of nitrogens with one attached hydrogen (secondary N) is 2. The Labute approximate surface area is 106 Å². The SMILES string of the molecule is Cc1cc(C(=O)O)cc(NCc2csc(=O)[nH]2)n1. The third-order valence-electron chi connectivity index (χ3n) is 2.23. The van der Waals surface area contributed by atoms with E-state index in [0.717, 1.165) is 17.0 Å². The van der Waals surface area contributed by atoms with Crippen molar-refractivity contribution in [1.82, 2.24) is 9.97 Å². The molecule has 0 aliphatic rings. The third kappa shape index (κ3) is 2.95. The molecule has 0 spiro atoms. The van der Waals surface area contributed by atoms with E-state index in [2.05, 4.69) is 15.3 Å². The molecule has 94 valence electrons. The number of hydrogen-bond donors (Lipinski definition) is 3. The van der Waals surface area contributed by atoms with Crippen molar-refractivity contribution >= 4 is 23.1 Å². The van der Waals surface area contributed by atoms with E-state index in [9.17, 15) is 9.59 Å². The van der Waals surface area contributed by atoms with E-state index in [1.807, 2.05) is 0 Å². The van der Waals surface area contributed by atoms with Crippen LogP contribution in [0.2, 0.25) is 0 Å². The van der Waals surface area contributed by atoms with Crippen LogP contribution in [0.3, 0.4) is 0 Å². The highest BCUT2D eigenvalue weighted by Gasteiger charge is 2.06. The highest BCUT2D eigenvalue weighted by Crippen LogP contribution is 2.11. The molecule has 2 aromatic heterocycles. The van der Waals surface area contributed by atoms with E-state index >= 15 is 0 Å². The molecular formula is C11H11N3O3S. The number of pyridine rings is 1. The maximum Gasteiger partial charge on any atom is 0.335 e. The van der Waals surface area contributed by atoms with Crippen molar-refractivity contribution in [2.24, 2.45) is 0 Å². The molecule has 2 aromatic rings. The summed E-state index contributed by atoms with van der Waals surface area (Å²) in [7, 11) is 0. The van der Waals surface area contributed by atoms with Gasteiger partial charge in [-0.2, -0.15) is 0 Å². The molecule has 0 aromatic carbocycles. The predicted molar refractivity (Wildman–Crippen MR) is 68.2 cm³/mol. The van der Waals surface area contributed by atoms with Gasteiger partial charge in [-0.15, -0.1) is 0 Å². The van der Waals surface area contributed by atoms with Gasteiger partial charge in [-0.05, 0) is 19.1 Å². The summed E-state index contributed by atoms with van der Waals surface area (Å²) in [4.78, 5) is 28.5. The Morgan fingerprint density at radius 3 is 2.94 bits per heavy atom. The summed E-state index contributed by atoms with van der Waals surface area (Å²) in [5, 5.41) is 13.6. The molecule has 0 bridgehead atoms. The second-order valence-corrected chi connectivity index (χ2v) is 4.56. The fraction of sp³-hybridized carbons (Fsp3) is 0.182. The zero-order valence-corrected chi connectivity index (χ0v) is 10.4. The van der Waals surface area contributed by atoms with Gasteiger partial charge < -0.3 is 15.4 Å². The van der Waals surface area contributed by atoms with Crippen molar-refractivity contribution in [2.75, 3.05) is 5.32 Å². The fourth-order valence-corrected chi connectivity index (χ4v) is 2.05. The lowest BCUT2D eigenvalue weighted by molar-refractivity contribution is 0.0696. The summed E-state index contributed by atoms with van der Waals surface area (Å²) in [5.41, 5.74) is 1.55. The van der Waals surface area contributed by atoms with E-state index in [1.54, 1.807) is 12.3 Å². The lowest BCUT2D eigenvalue weighted by Crippen LogP contribution is -2.06. The smallest absolute Gasteiger partial charge is 0.335 e. The van der Waals surface area contributed by atoms with Crippen LogP contribution < -0.4 is 10.2 Å². The van der Waals surface area contributed by atoms with E-state index in [4.69, 9.17) is 5.11 Å². The largest absolute Gasteiger partial charge is 0.478 e. The van der Waals surface area contributed by atoms with Crippen LogP contribution in [0, 0.1) is 6.92 Å². The Morgan fingerprint density at radius 2 is 2.33 bits per heavy atom. The molecule has 0 saturated carbocycles. The first-order chi connectivity index (χ1) is 8.54. The number of aromatic nitrogens is 2. The number of anilines is 1. The van der Waals surface area contributed by atoms with Crippen LogP contribution in [0.25, 0.3) is 0 Å². The van der Waals surface area contributed by atoms with E-state index in [1.165, 1.54) is 12.1 Å². The molecule has 0 aliphatic heterocycles. The van der Waals surface area contributed by atoms with Gasteiger partial charge in [-0.25, -0.2) is 9.78 Å². The van der Waals surface area contributed by atoms with Crippen LogP contribution in [-0.4, -0.2) is 21.0 Å². The molecule has 0 saturated heterocycles. The van der Waals surface area contributed by atoms with Crippen molar-refractivity contribution in [3.05, 3.63) is 44.1 Å². The minimum absolute atomic E-state index is 0.116. The first-order valence-corrected chi connectivity index (χ1v) is 6.05. The average Bonchev–Trinajstić information content (AvgIpc) is 2.72. The quantitative estimate of drug-likeness (QED) is 0.777. The van der Waals surface area contributed by atoms with Gasteiger partial charge >= 0.3 is 10.8 Å². The molecular weight excluding hydrogens is 254 g/mol. The van der Waals surface area contributed by atoms with Gasteiger partial charge in [0.2, 0.25) is 0 Å².